The lowest BCUT2D eigenvalue weighted by molar-refractivity contribution is 0.0566. The Morgan fingerprint density at radius 1 is 0.543 bits per heavy atom. The van der Waals surface area contributed by atoms with Crippen molar-refractivity contribution in [2.75, 3.05) is 0 Å². The average Bonchev–Trinajstić information content (AvgIpc) is 2.93. The molecule has 1 heteroatoms. The molecule has 0 bridgehead atoms. The van der Waals surface area contributed by atoms with E-state index in [1.807, 2.05) is 13.8 Å². The summed E-state index contributed by atoms with van der Waals surface area (Å²) >= 11 is 0. The highest BCUT2D eigenvalue weighted by Gasteiger charge is 2.21. The first-order valence-electron chi connectivity index (χ1n) is 17.3. The maximum Gasteiger partial charge on any atom is 0.0592 e. The minimum atomic E-state index is -0.595. The number of allylic oxidation sites excluding steroid dienone is 24. The summed E-state index contributed by atoms with van der Waals surface area (Å²) < 4.78 is 0. The highest BCUT2D eigenvalue weighted by molar-refractivity contribution is 5.33. The van der Waals surface area contributed by atoms with Crippen LogP contribution in [0.1, 0.15) is 122 Å². The molecule has 0 aliphatic rings. The molecule has 0 aliphatic carbocycles. The molecule has 0 aromatic rings. The van der Waals surface area contributed by atoms with Crippen molar-refractivity contribution < 1.29 is 5.11 Å². The van der Waals surface area contributed by atoms with E-state index in [2.05, 4.69) is 179 Å². The summed E-state index contributed by atoms with van der Waals surface area (Å²) in [6.07, 6.45) is 45.2. The molecule has 0 aliphatic heterocycles. The van der Waals surface area contributed by atoms with Gasteiger partial charge in [0.1, 0.15) is 0 Å². The standard InChI is InChI=1S/C45H68O/c1-37(2)21-15-24-40(5)27-18-30-41(6)28-16-25-38(3)22-13-14-23-39(4)26-17-29-42(7)31-19-32-43(8)33-20-34-44(9,10)35-36-45(11,12)46/h13-14,16-20,22-23,25-33,37,46H,15,21,24,34-36H2,1-12H3/b14-13+,25-16+,26-17+,30-18+,31-19+,33-20+,38-22+,39-23+,40-27+,41-28+,42-29+,43-32+. The maximum atomic E-state index is 10.0. The summed E-state index contributed by atoms with van der Waals surface area (Å²) in [7, 11) is 0. The van der Waals surface area contributed by atoms with Crippen molar-refractivity contribution in [3.05, 3.63) is 143 Å². The van der Waals surface area contributed by atoms with Crippen molar-refractivity contribution in [3.8, 4) is 0 Å². The van der Waals surface area contributed by atoms with Crippen molar-refractivity contribution in [2.45, 2.75) is 127 Å². The minimum absolute atomic E-state index is 0.187. The molecule has 0 atom stereocenters. The zero-order chi connectivity index (χ0) is 35.0. The van der Waals surface area contributed by atoms with E-state index in [0.717, 1.165) is 25.2 Å². The third kappa shape index (κ3) is 28.3. The highest BCUT2D eigenvalue weighted by atomic mass is 16.3. The van der Waals surface area contributed by atoms with Crippen LogP contribution in [0.2, 0.25) is 0 Å². The summed E-state index contributed by atoms with van der Waals surface area (Å²) in [5.41, 5.74) is 7.13. The van der Waals surface area contributed by atoms with E-state index in [1.54, 1.807) is 0 Å². The van der Waals surface area contributed by atoms with Crippen LogP contribution < -0.4 is 0 Å². The lowest BCUT2D eigenvalue weighted by Gasteiger charge is -2.27. The van der Waals surface area contributed by atoms with Crippen LogP contribution in [-0.4, -0.2) is 10.7 Å². The molecule has 1 N–H and O–H groups in total. The Morgan fingerprint density at radius 3 is 1.35 bits per heavy atom. The van der Waals surface area contributed by atoms with Crippen LogP contribution in [0.15, 0.2) is 143 Å². The van der Waals surface area contributed by atoms with Crippen LogP contribution >= 0.6 is 0 Å². The first-order chi connectivity index (χ1) is 21.5. The second kappa shape index (κ2) is 24.1. The molecule has 0 amide bonds. The van der Waals surface area contributed by atoms with Crippen LogP contribution in [0.3, 0.4) is 0 Å². The van der Waals surface area contributed by atoms with Crippen LogP contribution in [-0.2, 0) is 0 Å². The summed E-state index contributed by atoms with van der Waals surface area (Å²) in [6.45, 7) is 25.7. The van der Waals surface area contributed by atoms with Gasteiger partial charge in [0.15, 0.2) is 0 Å². The van der Waals surface area contributed by atoms with Gasteiger partial charge in [-0.15, -0.1) is 0 Å². The predicted octanol–water partition coefficient (Wildman–Crippen LogP) is 13.8. The molecule has 0 saturated carbocycles. The van der Waals surface area contributed by atoms with Gasteiger partial charge in [0.25, 0.3) is 0 Å². The molecule has 0 saturated heterocycles. The van der Waals surface area contributed by atoms with E-state index in [0.29, 0.717) is 0 Å². The third-order valence-electron chi connectivity index (χ3n) is 7.54. The van der Waals surface area contributed by atoms with Crippen molar-refractivity contribution in [2.24, 2.45) is 11.3 Å². The molecular formula is C45H68O. The largest absolute Gasteiger partial charge is 0.390 e. The lowest BCUT2D eigenvalue weighted by atomic mass is 9.81. The van der Waals surface area contributed by atoms with Gasteiger partial charge in [-0.05, 0) is 98.8 Å². The monoisotopic (exact) mass is 625 g/mol. The number of rotatable bonds is 20. The molecule has 0 aromatic heterocycles. The molecule has 0 rings (SSSR count). The zero-order valence-corrected chi connectivity index (χ0v) is 31.7. The van der Waals surface area contributed by atoms with E-state index in [-0.39, 0.29) is 5.41 Å². The SMILES string of the molecule is CC(/C=C/C=C(C)/C=C/C=C(C)/C=C/CC(C)(C)CCC(C)(C)O)=C\C=C\C=C(C)\C=C\C=C(C)\C=C\C=C(/C)CCCC(C)C. The van der Waals surface area contributed by atoms with E-state index in [4.69, 9.17) is 0 Å². The molecule has 0 heterocycles. The van der Waals surface area contributed by atoms with Crippen LogP contribution in [0.4, 0.5) is 0 Å². The first-order valence-corrected chi connectivity index (χ1v) is 17.3. The molecule has 0 radical (unpaired) electrons. The quantitative estimate of drug-likeness (QED) is 0.134. The summed E-state index contributed by atoms with van der Waals surface area (Å²) in [5, 5.41) is 10.0. The van der Waals surface area contributed by atoms with Gasteiger partial charge in [0.2, 0.25) is 0 Å². The molecule has 0 unspecified atom stereocenters. The molecule has 0 fully saturated rings. The van der Waals surface area contributed by atoms with E-state index >= 15 is 0 Å². The van der Waals surface area contributed by atoms with E-state index < -0.39 is 5.60 Å². The van der Waals surface area contributed by atoms with Gasteiger partial charge >= 0.3 is 0 Å². The van der Waals surface area contributed by atoms with Crippen molar-refractivity contribution in [1.82, 2.24) is 0 Å². The van der Waals surface area contributed by atoms with Crippen LogP contribution in [0.25, 0.3) is 0 Å². The number of hydrogen-bond acceptors (Lipinski definition) is 1. The summed E-state index contributed by atoms with van der Waals surface area (Å²) in [5.74, 6) is 0.787. The topological polar surface area (TPSA) is 20.2 Å². The number of hydrogen-bond donors (Lipinski definition) is 1. The molecule has 254 valence electrons. The lowest BCUT2D eigenvalue weighted by Crippen LogP contribution is -2.22. The van der Waals surface area contributed by atoms with Gasteiger partial charge in [0.05, 0.1) is 5.60 Å². The Kier molecular flexibility index (Phi) is 22.4. The zero-order valence-electron chi connectivity index (χ0n) is 31.7. The van der Waals surface area contributed by atoms with Gasteiger partial charge in [-0.3, -0.25) is 0 Å². The Hall–Kier alpha value is -3.16. The Morgan fingerprint density at radius 2 is 0.935 bits per heavy atom. The van der Waals surface area contributed by atoms with Gasteiger partial charge in [-0.1, -0.05) is 177 Å². The second-order valence-corrected chi connectivity index (χ2v) is 14.8. The van der Waals surface area contributed by atoms with Gasteiger partial charge in [0, 0.05) is 0 Å². The summed E-state index contributed by atoms with van der Waals surface area (Å²) in [4.78, 5) is 0. The Balaban J connectivity index is 4.75. The van der Waals surface area contributed by atoms with Gasteiger partial charge < -0.3 is 5.11 Å². The van der Waals surface area contributed by atoms with Crippen molar-refractivity contribution in [3.63, 3.8) is 0 Å². The van der Waals surface area contributed by atoms with Crippen LogP contribution in [0.5, 0.6) is 0 Å². The highest BCUT2D eigenvalue weighted by Crippen LogP contribution is 2.30. The third-order valence-corrected chi connectivity index (χ3v) is 7.54. The fourth-order valence-corrected chi connectivity index (χ4v) is 4.29. The van der Waals surface area contributed by atoms with E-state index in [1.165, 1.54) is 52.7 Å². The molecule has 0 spiro atoms. The first kappa shape index (κ1) is 42.8. The molecule has 1 nitrogen and oxygen atoms in total. The average molecular weight is 625 g/mol. The maximum absolute atomic E-state index is 10.0. The molecule has 46 heavy (non-hydrogen) atoms. The van der Waals surface area contributed by atoms with Crippen molar-refractivity contribution >= 4 is 0 Å². The van der Waals surface area contributed by atoms with Gasteiger partial charge in [-0.25, -0.2) is 0 Å². The molecule has 0 aromatic carbocycles. The fourth-order valence-electron chi connectivity index (χ4n) is 4.29. The Labute approximate surface area is 285 Å². The van der Waals surface area contributed by atoms with Gasteiger partial charge in [-0.2, -0.15) is 0 Å². The fraction of sp³-hybridized carbons (Fsp3) is 0.467. The number of aliphatic hydroxyl groups is 1. The van der Waals surface area contributed by atoms with Crippen molar-refractivity contribution in [1.29, 1.82) is 0 Å². The predicted molar refractivity (Wildman–Crippen MR) is 210 cm³/mol. The normalized spacial score (nSPS) is 16.0. The van der Waals surface area contributed by atoms with Crippen LogP contribution in [0, 0.1) is 11.3 Å². The Bertz CT molecular complexity index is 1240. The minimum Gasteiger partial charge on any atom is -0.390 e. The van der Waals surface area contributed by atoms with E-state index in [9.17, 15) is 5.11 Å². The summed E-state index contributed by atoms with van der Waals surface area (Å²) in [6, 6.07) is 0. The smallest absolute Gasteiger partial charge is 0.0592 e. The molecular weight excluding hydrogens is 556 g/mol. The second-order valence-electron chi connectivity index (χ2n) is 14.8.